The van der Waals surface area contributed by atoms with Gasteiger partial charge in [0, 0.05) is 19.0 Å². The molecule has 0 spiro atoms. The first kappa shape index (κ1) is 12.0. The lowest BCUT2D eigenvalue weighted by molar-refractivity contribution is 0.601. The minimum Gasteiger partial charge on any atom is -0.369 e. The Morgan fingerprint density at radius 3 is 2.80 bits per heavy atom. The summed E-state index contributed by atoms with van der Waals surface area (Å²) in [6.45, 7) is 2.83. The predicted molar refractivity (Wildman–Crippen MR) is 60.7 cm³/mol. The highest BCUT2D eigenvalue weighted by Gasteiger charge is 2.12. The minimum atomic E-state index is -3.20. The van der Waals surface area contributed by atoms with E-state index in [4.69, 9.17) is 0 Å². The fourth-order valence-corrected chi connectivity index (χ4v) is 2.01. The van der Waals surface area contributed by atoms with E-state index in [-0.39, 0.29) is 4.90 Å². The average Bonchev–Trinajstić information content (AvgIpc) is 2.17. The Bertz CT molecular complexity index is 415. The molecule has 1 aromatic rings. The van der Waals surface area contributed by atoms with Gasteiger partial charge in [0.2, 0.25) is 0 Å². The van der Waals surface area contributed by atoms with Gasteiger partial charge in [-0.05, 0) is 18.6 Å². The van der Waals surface area contributed by atoms with Crippen LogP contribution in [0, 0.1) is 0 Å². The van der Waals surface area contributed by atoms with Crippen molar-refractivity contribution in [1.29, 1.82) is 0 Å². The molecule has 0 aromatic carbocycles. The van der Waals surface area contributed by atoms with Crippen molar-refractivity contribution in [3.05, 3.63) is 18.3 Å². The van der Waals surface area contributed by atoms with E-state index in [9.17, 15) is 8.42 Å². The van der Waals surface area contributed by atoms with Crippen LogP contribution < -0.4 is 5.32 Å². The normalized spacial score (nSPS) is 11.3. The van der Waals surface area contributed by atoms with E-state index in [1.54, 1.807) is 18.3 Å². The molecule has 4 nitrogen and oxygen atoms in total. The fourth-order valence-electron chi connectivity index (χ4n) is 1.21. The number of nitrogens with zero attached hydrogens (tertiary/aromatic N) is 1. The zero-order chi connectivity index (χ0) is 11.3. The minimum absolute atomic E-state index is 0.265. The number of unbranched alkanes of at least 4 members (excludes halogenated alkanes) is 1. The average molecular weight is 228 g/mol. The Balaban J connectivity index is 2.88. The number of anilines is 1. The van der Waals surface area contributed by atoms with Crippen LogP contribution in [-0.2, 0) is 9.84 Å². The zero-order valence-corrected chi connectivity index (χ0v) is 9.84. The Kier molecular flexibility index (Phi) is 4.08. The summed E-state index contributed by atoms with van der Waals surface area (Å²) in [7, 11) is -3.20. The standard InChI is InChI=1S/C10H16N2O2S/c1-3-4-7-11-10-9(15(2,13)14)6-5-8-12-10/h5-6,8H,3-4,7H2,1-2H3,(H,11,12). The number of rotatable bonds is 5. The Hall–Kier alpha value is -1.10. The van der Waals surface area contributed by atoms with Crippen molar-refractivity contribution in [3.63, 3.8) is 0 Å². The molecule has 0 radical (unpaired) electrons. The maximum Gasteiger partial charge on any atom is 0.179 e. The summed E-state index contributed by atoms with van der Waals surface area (Å²) in [6.07, 6.45) is 4.84. The number of hydrogen-bond acceptors (Lipinski definition) is 4. The van der Waals surface area contributed by atoms with Gasteiger partial charge in [0.15, 0.2) is 9.84 Å². The lowest BCUT2D eigenvalue weighted by atomic mass is 10.3. The van der Waals surface area contributed by atoms with E-state index >= 15 is 0 Å². The molecule has 1 heterocycles. The van der Waals surface area contributed by atoms with Crippen molar-refractivity contribution in [2.24, 2.45) is 0 Å². The van der Waals surface area contributed by atoms with E-state index in [1.165, 1.54) is 6.26 Å². The van der Waals surface area contributed by atoms with Crippen molar-refractivity contribution in [2.75, 3.05) is 18.1 Å². The first-order valence-electron chi connectivity index (χ1n) is 4.94. The number of pyridine rings is 1. The first-order valence-corrected chi connectivity index (χ1v) is 6.83. The molecule has 15 heavy (non-hydrogen) atoms. The molecule has 1 N–H and O–H groups in total. The third-order valence-corrected chi connectivity index (χ3v) is 3.12. The molecule has 1 aromatic heterocycles. The van der Waals surface area contributed by atoms with Crippen molar-refractivity contribution in [3.8, 4) is 0 Å². The van der Waals surface area contributed by atoms with Crippen molar-refractivity contribution in [2.45, 2.75) is 24.7 Å². The second kappa shape index (κ2) is 5.11. The second-order valence-corrected chi connectivity index (χ2v) is 5.39. The molecule has 0 aliphatic heterocycles. The van der Waals surface area contributed by atoms with Crippen LogP contribution >= 0.6 is 0 Å². The quantitative estimate of drug-likeness (QED) is 0.779. The number of nitrogens with one attached hydrogen (secondary N) is 1. The topological polar surface area (TPSA) is 59.1 Å². The molecule has 0 saturated heterocycles. The summed E-state index contributed by atoms with van der Waals surface area (Å²) in [5.41, 5.74) is 0. The number of hydrogen-bond donors (Lipinski definition) is 1. The molecule has 0 aliphatic carbocycles. The third kappa shape index (κ3) is 3.51. The van der Waals surface area contributed by atoms with Crippen LogP contribution in [0.4, 0.5) is 5.82 Å². The maximum absolute atomic E-state index is 11.4. The van der Waals surface area contributed by atoms with Crippen molar-refractivity contribution >= 4 is 15.7 Å². The van der Waals surface area contributed by atoms with Crippen molar-refractivity contribution in [1.82, 2.24) is 4.98 Å². The summed E-state index contributed by atoms with van der Waals surface area (Å²) in [5, 5.41) is 3.03. The summed E-state index contributed by atoms with van der Waals surface area (Å²) in [5.74, 6) is 0.452. The van der Waals surface area contributed by atoms with Gasteiger partial charge in [-0.3, -0.25) is 0 Å². The molecular weight excluding hydrogens is 212 g/mol. The van der Waals surface area contributed by atoms with Gasteiger partial charge in [-0.2, -0.15) is 0 Å². The summed E-state index contributed by atoms with van der Waals surface area (Å²) in [4.78, 5) is 4.29. The molecule has 0 fully saturated rings. The van der Waals surface area contributed by atoms with Crippen LogP contribution in [0.1, 0.15) is 19.8 Å². The molecule has 0 bridgehead atoms. The highest BCUT2D eigenvalue weighted by atomic mass is 32.2. The van der Waals surface area contributed by atoms with Crippen LogP contribution in [-0.4, -0.2) is 26.2 Å². The van der Waals surface area contributed by atoms with Crippen LogP contribution in [0.25, 0.3) is 0 Å². The molecule has 0 amide bonds. The van der Waals surface area contributed by atoms with Crippen LogP contribution in [0.5, 0.6) is 0 Å². The van der Waals surface area contributed by atoms with Gasteiger partial charge >= 0.3 is 0 Å². The van der Waals surface area contributed by atoms with Gasteiger partial charge in [0.05, 0.1) is 0 Å². The fraction of sp³-hybridized carbons (Fsp3) is 0.500. The second-order valence-electron chi connectivity index (χ2n) is 3.40. The molecule has 0 aliphatic rings. The lowest BCUT2D eigenvalue weighted by Gasteiger charge is -2.08. The van der Waals surface area contributed by atoms with E-state index in [1.807, 2.05) is 0 Å². The van der Waals surface area contributed by atoms with Gasteiger partial charge in [0.1, 0.15) is 10.7 Å². The SMILES string of the molecule is CCCCNc1ncccc1S(C)(=O)=O. The van der Waals surface area contributed by atoms with Gasteiger partial charge < -0.3 is 5.32 Å². The van der Waals surface area contributed by atoms with Gasteiger partial charge in [-0.15, -0.1) is 0 Å². The van der Waals surface area contributed by atoms with Crippen LogP contribution in [0.3, 0.4) is 0 Å². The van der Waals surface area contributed by atoms with Gasteiger partial charge in [-0.1, -0.05) is 13.3 Å². The Morgan fingerprint density at radius 2 is 2.20 bits per heavy atom. The zero-order valence-electron chi connectivity index (χ0n) is 9.03. The molecular formula is C10H16N2O2S. The Morgan fingerprint density at radius 1 is 1.47 bits per heavy atom. The van der Waals surface area contributed by atoms with Crippen LogP contribution in [0.15, 0.2) is 23.2 Å². The third-order valence-electron chi connectivity index (χ3n) is 1.99. The predicted octanol–water partition coefficient (Wildman–Crippen LogP) is 1.70. The first-order chi connectivity index (χ1) is 7.05. The number of sulfone groups is 1. The monoisotopic (exact) mass is 228 g/mol. The van der Waals surface area contributed by atoms with E-state index in [2.05, 4.69) is 17.2 Å². The highest BCUT2D eigenvalue weighted by molar-refractivity contribution is 7.90. The summed E-state index contributed by atoms with van der Waals surface area (Å²) < 4.78 is 22.8. The molecule has 84 valence electrons. The molecule has 1 rings (SSSR count). The molecule has 0 atom stereocenters. The largest absolute Gasteiger partial charge is 0.369 e. The van der Waals surface area contributed by atoms with E-state index in [0.29, 0.717) is 5.82 Å². The van der Waals surface area contributed by atoms with Crippen molar-refractivity contribution < 1.29 is 8.42 Å². The molecule has 5 heteroatoms. The van der Waals surface area contributed by atoms with E-state index in [0.717, 1.165) is 19.4 Å². The lowest BCUT2D eigenvalue weighted by Crippen LogP contribution is -2.08. The summed E-state index contributed by atoms with van der Waals surface area (Å²) in [6, 6.07) is 3.19. The van der Waals surface area contributed by atoms with Crippen LogP contribution in [0.2, 0.25) is 0 Å². The highest BCUT2D eigenvalue weighted by Crippen LogP contribution is 2.17. The molecule has 0 unspecified atom stereocenters. The maximum atomic E-state index is 11.4. The number of aromatic nitrogens is 1. The Labute approximate surface area is 90.7 Å². The molecule has 0 saturated carbocycles. The summed E-state index contributed by atoms with van der Waals surface area (Å²) >= 11 is 0. The van der Waals surface area contributed by atoms with Gasteiger partial charge in [-0.25, -0.2) is 13.4 Å². The van der Waals surface area contributed by atoms with E-state index < -0.39 is 9.84 Å². The van der Waals surface area contributed by atoms with Gasteiger partial charge in [0.25, 0.3) is 0 Å². The smallest absolute Gasteiger partial charge is 0.179 e.